The zero-order valence-corrected chi connectivity index (χ0v) is 14.3. The van der Waals surface area contributed by atoms with Gasteiger partial charge in [0.15, 0.2) is 0 Å². The number of para-hydroxylation sites is 1. The minimum atomic E-state index is -0.0115. The maximum absolute atomic E-state index is 12.4. The molecule has 1 aliphatic rings. The van der Waals surface area contributed by atoms with E-state index in [1.807, 2.05) is 44.4 Å². The van der Waals surface area contributed by atoms with Crippen molar-refractivity contribution in [3.63, 3.8) is 0 Å². The first-order chi connectivity index (χ1) is 11.7. The van der Waals surface area contributed by atoms with E-state index in [1.54, 1.807) is 0 Å². The maximum atomic E-state index is 12.4. The van der Waals surface area contributed by atoms with Crippen LogP contribution in [0.1, 0.15) is 28.3 Å². The quantitative estimate of drug-likeness (QED) is 0.759. The van der Waals surface area contributed by atoms with E-state index in [2.05, 4.69) is 25.5 Å². The van der Waals surface area contributed by atoms with Gasteiger partial charge in [-0.3, -0.25) is 9.69 Å². The number of aryl methyl sites for hydroxylation is 1. The topological polar surface area (TPSA) is 73.1 Å². The van der Waals surface area contributed by atoms with Crippen molar-refractivity contribution in [1.29, 1.82) is 0 Å². The monoisotopic (exact) mass is 327 g/mol. The largest absolute Gasteiger partial charge is 0.387 e. The Morgan fingerprint density at radius 2 is 2.25 bits per heavy atom. The van der Waals surface area contributed by atoms with E-state index in [4.69, 9.17) is 0 Å². The van der Waals surface area contributed by atoms with Gasteiger partial charge in [-0.15, -0.1) is 0 Å². The predicted molar refractivity (Wildman–Crippen MR) is 95.0 cm³/mol. The molecule has 0 bridgehead atoms. The first-order valence-corrected chi connectivity index (χ1v) is 8.43. The molecule has 2 aromatic rings. The van der Waals surface area contributed by atoms with Crippen molar-refractivity contribution in [3.05, 3.63) is 47.5 Å². The average molecular weight is 327 g/mol. The molecule has 24 heavy (non-hydrogen) atoms. The summed E-state index contributed by atoms with van der Waals surface area (Å²) in [6.45, 7) is 5.65. The molecule has 1 aromatic carbocycles. The van der Waals surface area contributed by atoms with Gasteiger partial charge in [-0.1, -0.05) is 12.1 Å². The molecule has 3 rings (SSSR count). The molecule has 0 saturated carbocycles. The second-order valence-electron chi connectivity index (χ2n) is 6.39. The summed E-state index contributed by atoms with van der Waals surface area (Å²) in [4.78, 5) is 22.3. The number of benzene rings is 1. The van der Waals surface area contributed by atoms with Gasteiger partial charge in [-0.2, -0.15) is 0 Å². The van der Waals surface area contributed by atoms with Gasteiger partial charge < -0.3 is 15.6 Å². The van der Waals surface area contributed by atoms with Gasteiger partial charge in [0.1, 0.15) is 5.82 Å². The van der Waals surface area contributed by atoms with Crippen molar-refractivity contribution in [2.75, 3.05) is 32.0 Å². The fourth-order valence-electron chi connectivity index (χ4n) is 3.25. The summed E-state index contributed by atoms with van der Waals surface area (Å²) in [7, 11) is 1.83. The molecular formula is C18H25N5O. The van der Waals surface area contributed by atoms with Crippen LogP contribution < -0.4 is 10.6 Å². The summed E-state index contributed by atoms with van der Waals surface area (Å²) in [6.07, 6.45) is 3.01. The zero-order valence-electron chi connectivity index (χ0n) is 14.3. The lowest BCUT2D eigenvalue weighted by molar-refractivity contribution is 0.0948. The van der Waals surface area contributed by atoms with E-state index in [1.165, 1.54) is 0 Å². The van der Waals surface area contributed by atoms with Crippen LogP contribution in [0.15, 0.2) is 30.5 Å². The Bertz CT molecular complexity index is 696. The molecule has 1 fully saturated rings. The van der Waals surface area contributed by atoms with Crippen molar-refractivity contribution >= 4 is 11.6 Å². The van der Waals surface area contributed by atoms with Crippen molar-refractivity contribution in [3.8, 4) is 0 Å². The highest BCUT2D eigenvalue weighted by molar-refractivity contribution is 5.99. The van der Waals surface area contributed by atoms with Gasteiger partial charge in [0, 0.05) is 44.3 Å². The smallest absolute Gasteiger partial charge is 0.253 e. The van der Waals surface area contributed by atoms with E-state index >= 15 is 0 Å². The molecule has 1 saturated heterocycles. The van der Waals surface area contributed by atoms with Gasteiger partial charge in [-0.25, -0.2) is 4.98 Å². The number of carbonyl (C=O) groups is 1. The third kappa shape index (κ3) is 3.94. The van der Waals surface area contributed by atoms with Crippen LogP contribution in [0.5, 0.6) is 0 Å². The molecular weight excluding hydrogens is 302 g/mol. The molecule has 6 heteroatoms. The van der Waals surface area contributed by atoms with Crippen molar-refractivity contribution in [2.45, 2.75) is 19.9 Å². The third-order valence-corrected chi connectivity index (χ3v) is 4.51. The Balaban J connectivity index is 1.48. The molecule has 0 spiro atoms. The van der Waals surface area contributed by atoms with Crippen LogP contribution in [0.3, 0.4) is 0 Å². The van der Waals surface area contributed by atoms with Crippen molar-refractivity contribution in [1.82, 2.24) is 20.2 Å². The summed E-state index contributed by atoms with van der Waals surface area (Å²) >= 11 is 0. The van der Waals surface area contributed by atoms with Crippen LogP contribution >= 0.6 is 0 Å². The number of hydrogen-bond acceptors (Lipinski definition) is 4. The highest BCUT2D eigenvalue weighted by Crippen LogP contribution is 2.18. The van der Waals surface area contributed by atoms with Gasteiger partial charge >= 0.3 is 0 Å². The number of likely N-dealkylation sites (tertiary alicyclic amines) is 1. The lowest BCUT2D eigenvalue weighted by Gasteiger charge is -2.16. The molecule has 3 N–H and O–H groups in total. The van der Waals surface area contributed by atoms with Gasteiger partial charge in [0.2, 0.25) is 0 Å². The number of aromatic amines is 1. The number of nitrogens with one attached hydrogen (secondary N) is 3. The van der Waals surface area contributed by atoms with E-state index in [9.17, 15) is 4.79 Å². The van der Waals surface area contributed by atoms with E-state index < -0.39 is 0 Å². The number of aromatic nitrogens is 2. The molecule has 1 aliphatic heterocycles. The van der Waals surface area contributed by atoms with E-state index in [0.29, 0.717) is 11.5 Å². The molecule has 128 valence electrons. The summed E-state index contributed by atoms with van der Waals surface area (Å²) < 4.78 is 0. The number of anilines is 1. The summed E-state index contributed by atoms with van der Waals surface area (Å²) in [5.41, 5.74) is 2.71. The SMILES string of the molecule is CNc1ccccc1C(=O)NC[C@@H]1CCN(Cc2cnc(C)[nH]2)C1. The highest BCUT2D eigenvalue weighted by atomic mass is 16.1. The normalized spacial score (nSPS) is 17.8. The van der Waals surface area contributed by atoms with Crippen molar-refractivity contribution in [2.24, 2.45) is 5.92 Å². The predicted octanol–water partition coefficient (Wildman–Crippen LogP) is 2.01. The molecule has 1 aromatic heterocycles. The number of nitrogens with zero attached hydrogens (tertiary/aromatic N) is 2. The minimum Gasteiger partial charge on any atom is -0.387 e. The Morgan fingerprint density at radius 1 is 1.42 bits per heavy atom. The highest BCUT2D eigenvalue weighted by Gasteiger charge is 2.23. The van der Waals surface area contributed by atoms with E-state index in [0.717, 1.165) is 49.8 Å². The maximum Gasteiger partial charge on any atom is 0.253 e. The first-order valence-electron chi connectivity index (χ1n) is 8.43. The van der Waals surface area contributed by atoms with Crippen LogP contribution in [0.4, 0.5) is 5.69 Å². The van der Waals surface area contributed by atoms with Crippen LogP contribution in [0.2, 0.25) is 0 Å². The number of carbonyl (C=O) groups excluding carboxylic acids is 1. The molecule has 1 amide bonds. The Labute approximate surface area is 142 Å². The molecule has 6 nitrogen and oxygen atoms in total. The number of amides is 1. The van der Waals surface area contributed by atoms with Crippen LogP contribution in [-0.2, 0) is 6.54 Å². The van der Waals surface area contributed by atoms with Gasteiger partial charge in [0.25, 0.3) is 5.91 Å². The molecule has 0 radical (unpaired) electrons. The fraction of sp³-hybridized carbons (Fsp3) is 0.444. The third-order valence-electron chi connectivity index (χ3n) is 4.51. The first kappa shape index (κ1) is 16.5. The van der Waals surface area contributed by atoms with Crippen LogP contribution in [0.25, 0.3) is 0 Å². The fourth-order valence-corrected chi connectivity index (χ4v) is 3.25. The van der Waals surface area contributed by atoms with Crippen LogP contribution in [0, 0.1) is 12.8 Å². The van der Waals surface area contributed by atoms with Crippen LogP contribution in [-0.4, -0.2) is 47.5 Å². The molecule has 1 atom stereocenters. The zero-order chi connectivity index (χ0) is 16.9. The Morgan fingerprint density at radius 3 is 3.00 bits per heavy atom. The number of imidazole rings is 1. The summed E-state index contributed by atoms with van der Waals surface area (Å²) in [6, 6.07) is 7.58. The van der Waals surface area contributed by atoms with Gasteiger partial charge in [0.05, 0.1) is 5.56 Å². The van der Waals surface area contributed by atoms with Gasteiger partial charge in [-0.05, 0) is 37.9 Å². The summed E-state index contributed by atoms with van der Waals surface area (Å²) in [5, 5.41) is 6.14. The Hall–Kier alpha value is -2.34. The molecule has 0 unspecified atom stereocenters. The van der Waals surface area contributed by atoms with Crippen molar-refractivity contribution < 1.29 is 4.79 Å². The number of H-pyrrole nitrogens is 1. The molecule has 2 heterocycles. The standard InChI is InChI=1S/C18H25N5O/c1-13-20-10-15(22-13)12-23-8-7-14(11-23)9-21-18(24)16-5-3-4-6-17(16)19-2/h3-6,10,14,19H,7-9,11-12H2,1-2H3,(H,20,22)(H,21,24)/t14-/m0/s1. The minimum absolute atomic E-state index is 0.0115. The summed E-state index contributed by atoms with van der Waals surface area (Å²) in [5.74, 6) is 1.44. The number of hydrogen-bond donors (Lipinski definition) is 3. The lowest BCUT2D eigenvalue weighted by Crippen LogP contribution is -2.31. The number of rotatable bonds is 6. The second kappa shape index (κ2) is 7.49. The Kier molecular flexibility index (Phi) is 5.15. The second-order valence-corrected chi connectivity index (χ2v) is 6.39. The van der Waals surface area contributed by atoms with E-state index in [-0.39, 0.29) is 5.91 Å². The molecule has 0 aliphatic carbocycles. The lowest BCUT2D eigenvalue weighted by atomic mass is 10.1. The average Bonchev–Trinajstić information content (AvgIpc) is 3.21.